The molecule has 0 saturated heterocycles. The average molecular weight is 506 g/mol. The monoisotopic (exact) mass is 505 g/mol. The molecule has 0 aliphatic rings. The highest BCUT2D eigenvalue weighted by molar-refractivity contribution is 5.93. The lowest BCUT2D eigenvalue weighted by molar-refractivity contribution is -0.138. The number of ether oxygens (including phenoxy) is 1. The third kappa shape index (κ3) is 9.30. The lowest BCUT2D eigenvalue weighted by atomic mass is 9.97. The molecule has 2 aromatic rings. The summed E-state index contributed by atoms with van der Waals surface area (Å²) in [5.41, 5.74) is 1.52. The second-order valence-electron chi connectivity index (χ2n) is 9.98. The van der Waals surface area contributed by atoms with Gasteiger partial charge < -0.3 is 15.4 Å². The Morgan fingerprint density at radius 2 is 1.68 bits per heavy atom. The van der Waals surface area contributed by atoms with Crippen LogP contribution in [0, 0.1) is 19.4 Å². The van der Waals surface area contributed by atoms with E-state index < -0.39 is 29.7 Å². The van der Waals surface area contributed by atoms with E-state index in [1.54, 1.807) is 32.9 Å². The maximum Gasteiger partial charge on any atom is 0.408 e. The number of carbonyl (C=O) groups excluding carboxylic acids is 3. The van der Waals surface area contributed by atoms with Crippen LogP contribution in [0.15, 0.2) is 54.6 Å². The first-order valence-electron chi connectivity index (χ1n) is 12.7. The van der Waals surface area contributed by atoms with Crippen LogP contribution >= 0.6 is 0 Å². The number of hydrogen-bond acceptors (Lipinski definition) is 4. The molecule has 37 heavy (non-hydrogen) atoms. The summed E-state index contributed by atoms with van der Waals surface area (Å²) in [6.45, 7) is 9.65. The first-order valence-corrected chi connectivity index (χ1v) is 12.7. The molecule has 7 nitrogen and oxygen atoms in total. The highest BCUT2D eigenvalue weighted by atomic mass is 16.6. The third-order valence-electron chi connectivity index (χ3n) is 5.72. The summed E-state index contributed by atoms with van der Waals surface area (Å²) in [7, 11) is 0. The van der Waals surface area contributed by atoms with Crippen molar-refractivity contribution in [1.82, 2.24) is 15.5 Å². The molecule has 0 aliphatic carbocycles. The largest absolute Gasteiger partial charge is 0.444 e. The predicted octanol–water partition coefficient (Wildman–Crippen LogP) is 4.90. The lowest BCUT2D eigenvalue weighted by Gasteiger charge is -2.31. The summed E-state index contributed by atoms with van der Waals surface area (Å²) in [6, 6.07) is 16.9. The van der Waals surface area contributed by atoms with Gasteiger partial charge in [0.1, 0.15) is 17.7 Å². The van der Waals surface area contributed by atoms with Gasteiger partial charge in [-0.2, -0.15) is 0 Å². The molecule has 3 amide bonds. The topological polar surface area (TPSA) is 87.7 Å². The van der Waals surface area contributed by atoms with Gasteiger partial charge in [0.25, 0.3) is 5.91 Å². The van der Waals surface area contributed by atoms with Crippen molar-refractivity contribution in [1.29, 1.82) is 0 Å². The normalized spacial score (nSPS) is 12.5. The molecule has 2 rings (SSSR count). The SMILES string of the molecule is C#CN(C(=O)C(Cc1ccccc1)NC(=O)OC(C)(C)C)C(C(=O)NCCCCC)c1ccccc1C. The summed E-state index contributed by atoms with van der Waals surface area (Å²) in [5.74, 6) is -0.943. The first-order chi connectivity index (χ1) is 17.6. The van der Waals surface area contributed by atoms with Crippen LogP contribution < -0.4 is 10.6 Å². The van der Waals surface area contributed by atoms with Gasteiger partial charge in [0.2, 0.25) is 5.91 Å². The zero-order chi connectivity index (χ0) is 27.4. The van der Waals surface area contributed by atoms with Crippen molar-refractivity contribution in [2.45, 2.75) is 78.0 Å². The van der Waals surface area contributed by atoms with Gasteiger partial charge in [-0.15, -0.1) is 0 Å². The van der Waals surface area contributed by atoms with Crippen molar-refractivity contribution in [3.05, 3.63) is 71.3 Å². The quantitative estimate of drug-likeness (QED) is 0.258. The number of hydrogen-bond donors (Lipinski definition) is 2. The number of nitrogens with one attached hydrogen (secondary N) is 2. The summed E-state index contributed by atoms with van der Waals surface area (Å²) < 4.78 is 5.41. The van der Waals surface area contributed by atoms with Crippen LogP contribution in [0.5, 0.6) is 0 Å². The van der Waals surface area contributed by atoms with Gasteiger partial charge in [-0.25, -0.2) is 4.79 Å². The van der Waals surface area contributed by atoms with E-state index >= 15 is 0 Å². The Kier molecular flexibility index (Phi) is 11.2. The second kappa shape index (κ2) is 14.1. The highest BCUT2D eigenvalue weighted by Gasteiger charge is 2.36. The lowest BCUT2D eigenvalue weighted by Crippen LogP contribution is -2.52. The summed E-state index contributed by atoms with van der Waals surface area (Å²) in [4.78, 5) is 41.1. The van der Waals surface area contributed by atoms with Crippen LogP contribution in [0.25, 0.3) is 0 Å². The zero-order valence-electron chi connectivity index (χ0n) is 22.5. The molecule has 0 heterocycles. The molecule has 2 aromatic carbocycles. The molecule has 0 radical (unpaired) electrons. The van der Waals surface area contributed by atoms with Gasteiger partial charge >= 0.3 is 6.09 Å². The first kappa shape index (κ1) is 29.4. The van der Waals surface area contributed by atoms with E-state index in [-0.39, 0.29) is 12.3 Å². The number of nitrogens with zero attached hydrogens (tertiary/aromatic N) is 1. The number of alkyl carbamates (subject to hydrolysis) is 1. The van der Waals surface area contributed by atoms with Gasteiger partial charge in [0.05, 0.1) is 0 Å². The van der Waals surface area contributed by atoms with Crippen molar-refractivity contribution in [2.75, 3.05) is 6.54 Å². The van der Waals surface area contributed by atoms with Gasteiger partial charge in [-0.3, -0.25) is 14.5 Å². The summed E-state index contributed by atoms with van der Waals surface area (Å²) in [6.07, 6.45) is 8.13. The van der Waals surface area contributed by atoms with E-state index in [0.717, 1.165) is 35.3 Å². The molecule has 2 unspecified atom stereocenters. The molecule has 0 fully saturated rings. The summed E-state index contributed by atoms with van der Waals surface area (Å²) >= 11 is 0. The maximum atomic E-state index is 13.9. The average Bonchev–Trinajstić information content (AvgIpc) is 2.84. The fourth-order valence-corrected chi connectivity index (χ4v) is 3.91. The minimum Gasteiger partial charge on any atom is -0.444 e. The van der Waals surface area contributed by atoms with Gasteiger partial charge in [-0.1, -0.05) is 80.8 Å². The molecular weight excluding hydrogens is 466 g/mol. The molecule has 0 aliphatic heterocycles. The number of benzene rings is 2. The summed E-state index contributed by atoms with van der Waals surface area (Å²) in [5, 5.41) is 5.61. The smallest absolute Gasteiger partial charge is 0.408 e. The zero-order valence-corrected chi connectivity index (χ0v) is 22.5. The maximum absolute atomic E-state index is 13.9. The van der Waals surface area contributed by atoms with Gasteiger partial charge in [0, 0.05) is 19.0 Å². The fourth-order valence-electron chi connectivity index (χ4n) is 3.91. The van der Waals surface area contributed by atoms with Crippen molar-refractivity contribution in [2.24, 2.45) is 0 Å². The van der Waals surface area contributed by atoms with Gasteiger partial charge in [0.15, 0.2) is 0 Å². The van der Waals surface area contributed by atoms with Crippen LogP contribution in [-0.2, 0) is 20.7 Å². The number of rotatable bonds is 11. The molecule has 2 N–H and O–H groups in total. The van der Waals surface area contributed by atoms with E-state index in [0.29, 0.717) is 12.1 Å². The Morgan fingerprint density at radius 3 is 2.27 bits per heavy atom. The fraction of sp³-hybridized carbons (Fsp3) is 0.433. The van der Waals surface area contributed by atoms with Crippen molar-refractivity contribution < 1.29 is 19.1 Å². The van der Waals surface area contributed by atoms with Crippen LogP contribution in [0.1, 0.15) is 69.7 Å². The second-order valence-corrected chi connectivity index (χ2v) is 9.98. The van der Waals surface area contributed by atoms with E-state index in [2.05, 4.69) is 23.6 Å². The van der Waals surface area contributed by atoms with Crippen LogP contribution in [0.4, 0.5) is 4.79 Å². The number of terminal acetylenes is 1. The number of amides is 3. The highest BCUT2D eigenvalue weighted by Crippen LogP contribution is 2.25. The van der Waals surface area contributed by atoms with E-state index in [4.69, 9.17) is 11.2 Å². The molecule has 0 spiro atoms. The van der Waals surface area contributed by atoms with Crippen LogP contribution in [-0.4, -0.2) is 41.0 Å². The Balaban J connectivity index is 2.43. The molecule has 0 saturated carbocycles. The predicted molar refractivity (Wildman–Crippen MR) is 145 cm³/mol. The Labute approximate surface area is 221 Å². The molecule has 0 bridgehead atoms. The van der Waals surface area contributed by atoms with E-state index in [1.165, 1.54) is 0 Å². The number of aryl methyl sites for hydroxylation is 1. The molecule has 0 aromatic heterocycles. The number of unbranched alkanes of at least 4 members (excludes halogenated alkanes) is 2. The molecular formula is C30H39N3O4. The van der Waals surface area contributed by atoms with Gasteiger partial charge in [-0.05, 0) is 50.8 Å². The standard InChI is InChI=1S/C30H39N3O4/c1-7-9-15-20-31-27(34)26(24-19-14-13-16-22(24)3)33(8-2)28(35)25(21-23-17-11-10-12-18-23)32-29(36)37-30(4,5)6/h2,10-14,16-19,25-26H,7,9,15,20-21H2,1,3-6H3,(H,31,34)(H,32,36). The van der Waals surface area contributed by atoms with Crippen molar-refractivity contribution in [3.8, 4) is 12.5 Å². The van der Waals surface area contributed by atoms with E-state index in [1.807, 2.05) is 49.4 Å². The molecule has 7 heteroatoms. The van der Waals surface area contributed by atoms with Crippen LogP contribution in [0.2, 0.25) is 0 Å². The van der Waals surface area contributed by atoms with Crippen molar-refractivity contribution >= 4 is 17.9 Å². The molecule has 2 atom stereocenters. The minimum absolute atomic E-state index is 0.176. The third-order valence-corrected chi connectivity index (χ3v) is 5.72. The Bertz CT molecular complexity index is 1090. The number of carbonyl (C=O) groups is 3. The minimum atomic E-state index is -1.06. The van der Waals surface area contributed by atoms with E-state index in [9.17, 15) is 14.4 Å². The Morgan fingerprint density at radius 1 is 1.03 bits per heavy atom. The van der Waals surface area contributed by atoms with Crippen LogP contribution in [0.3, 0.4) is 0 Å². The van der Waals surface area contributed by atoms with Crippen molar-refractivity contribution in [3.63, 3.8) is 0 Å². The Hall–Kier alpha value is -3.79. The molecule has 198 valence electrons.